The molecule has 5 aromatic rings. The van der Waals surface area contributed by atoms with Crippen LogP contribution in [0.15, 0.2) is 48.7 Å². The zero-order valence-electron chi connectivity index (χ0n) is 59.0. The lowest BCUT2D eigenvalue weighted by Gasteiger charge is -2.47. The number of piperidine rings is 1. The highest BCUT2D eigenvalue weighted by Gasteiger charge is 2.46. The molecule has 6 fully saturated rings. The predicted molar refractivity (Wildman–Crippen MR) is 363 cm³/mol. The molecule has 3 atom stereocenters. The quantitative estimate of drug-likeness (QED) is 0.0496. The number of benzene rings is 3. The molecule has 2 aromatic heterocycles. The zero-order chi connectivity index (χ0) is 68.8. The maximum absolute atomic E-state index is 18.3. The minimum Gasteiger partial charge on any atom is -0.495 e. The van der Waals surface area contributed by atoms with Gasteiger partial charge in [-0.3, -0.25) is 29.7 Å². The Hall–Kier alpha value is -7.19. The largest absolute Gasteiger partial charge is 0.495 e. The minimum atomic E-state index is -2.38. The summed E-state index contributed by atoms with van der Waals surface area (Å²) in [5.41, 5.74) is 5.08. The first-order valence-electron chi connectivity index (χ1n) is 34.9. The minimum absolute atomic E-state index is 0.0279. The second kappa shape index (κ2) is 28.2. The first-order valence-corrected chi connectivity index (χ1v) is 36.1. The molecule has 0 radical (unpaired) electrons. The standard InChI is InChI=1S/C72H96F2N10O9Si/c1-45(2)94(46(3)4,47(5)6)34-22-55-58(73)17-13-50-35-54(92-44-89-11)37-56(62(50)55)64-63(74)65-57(38-75-64)66(82-41-52-15-16-53(42-82)84(52)70(88)93-71(8,9)10)78-68(77-65)91-43-48(7)39-79-30-32-80(33-31-79)40-49-19-23-72(24-20-49)25-28-81(29-26-72)67(86)51-14-18-60(90-12)59(36-51)83-27-21-61(85)76-69(83)87/h13-14,17-18,35-38,45-49,52-53H,15-16,19-21,23-33,39-44H2,1-12H3,(H,76,85,87)/t48-,52?,53?/m1/s1/i40D2. The number of hydrogen-bond donors (Lipinski definition) is 1. The number of amides is 5. The van der Waals surface area contributed by atoms with Gasteiger partial charge in [0.2, 0.25) is 5.91 Å². The second-order valence-corrected chi connectivity index (χ2v) is 34.5. The van der Waals surface area contributed by atoms with Crippen molar-refractivity contribution < 1.29 is 54.4 Å². The van der Waals surface area contributed by atoms with E-state index in [-0.39, 0.29) is 119 Å². The summed E-state index contributed by atoms with van der Waals surface area (Å²) >= 11 is 0. The van der Waals surface area contributed by atoms with Crippen LogP contribution in [0.3, 0.4) is 0 Å². The van der Waals surface area contributed by atoms with Crippen molar-refractivity contribution in [1.82, 2.24) is 39.9 Å². The van der Waals surface area contributed by atoms with Crippen molar-refractivity contribution in [3.05, 3.63) is 71.4 Å². The molecule has 506 valence electrons. The number of nitrogens with one attached hydrogen (secondary N) is 1. The Morgan fingerprint density at radius 2 is 1.51 bits per heavy atom. The van der Waals surface area contributed by atoms with E-state index in [0.29, 0.717) is 104 Å². The van der Waals surface area contributed by atoms with Crippen LogP contribution < -0.4 is 29.3 Å². The van der Waals surface area contributed by atoms with Crippen LogP contribution in [0.2, 0.25) is 16.6 Å². The third-order valence-electron chi connectivity index (χ3n) is 20.7. The summed E-state index contributed by atoms with van der Waals surface area (Å²) in [4.78, 5) is 78.5. The van der Waals surface area contributed by atoms with Gasteiger partial charge in [0.05, 0.1) is 42.4 Å². The van der Waals surface area contributed by atoms with Gasteiger partial charge in [0.15, 0.2) is 12.6 Å². The molecular weight excluding hydrogens is 1210 g/mol. The Bertz CT molecular complexity index is 3760. The first-order chi connectivity index (χ1) is 45.6. The maximum Gasteiger partial charge on any atom is 0.410 e. The number of anilines is 2. The number of likely N-dealkylation sites (tertiary alicyclic amines) is 1. The molecule has 2 unspecified atom stereocenters. The summed E-state index contributed by atoms with van der Waals surface area (Å²) in [6.45, 7) is 24.8. The third-order valence-corrected chi connectivity index (χ3v) is 27.0. The summed E-state index contributed by atoms with van der Waals surface area (Å²) in [7, 11) is 0.636. The molecule has 3 aromatic carbocycles. The van der Waals surface area contributed by atoms with Crippen LogP contribution in [0, 0.1) is 40.3 Å². The van der Waals surface area contributed by atoms with Crippen LogP contribution in [0.1, 0.15) is 146 Å². The smallest absolute Gasteiger partial charge is 0.410 e. The van der Waals surface area contributed by atoms with Crippen LogP contribution in [-0.2, 0) is 14.3 Å². The molecule has 1 spiro atoms. The molecule has 1 N–H and O–H groups in total. The number of nitrogens with zero attached hydrogens (tertiary/aromatic N) is 9. The number of imide groups is 1. The van der Waals surface area contributed by atoms with Gasteiger partial charge in [0.1, 0.15) is 48.0 Å². The molecule has 19 nitrogen and oxygen atoms in total. The van der Waals surface area contributed by atoms with E-state index in [4.69, 9.17) is 38.6 Å². The lowest BCUT2D eigenvalue weighted by Crippen LogP contribution is -2.57. The Morgan fingerprint density at radius 3 is 2.15 bits per heavy atom. The molecule has 6 aliphatic rings. The number of carbonyl (C=O) groups is 4. The number of pyridine rings is 1. The van der Waals surface area contributed by atoms with E-state index in [0.717, 1.165) is 51.4 Å². The Labute approximate surface area is 556 Å². The van der Waals surface area contributed by atoms with Gasteiger partial charge in [0, 0.05) is 117 Å². The number of methoxy groups -OCH3 is 2. The number of rotatable bonds is 18. The highest BCUT2D eigenvalue weighted by Crippen LogP contribution is 2.48. The van der Waals surface area contributed by atoms with Crippen molar-refractivity contribution in [3.63, 3.8) is 0 Å². The number of fused-ring (bicyclic) bond motifs is 4. The van der Waals surface area contributed by atoms with E-state index in [9.17, 15) is 21.9 Å². The Morgan fingerprint density at radius 1 is 0.830 bits per heavy atom. The summed E-state index contributed by atoms with van der Waals surface area (Å²) < 4.78 is 83.2. The molecule has 22 heteroatoms. The molecule has 11 rings (SSSR count). The fraction of sp³-hybridized carbons (Fsp3) is 0.597. The summed E-state index contributed by atoms with van der Waals surface area (Å²) in [6.07, 6.45) is 7.87. The van der Waals surface area contributed by atoms with Crippen molar-refractivity contribution in [2.75, 3.05) is 109 Å². The van der Waals surface area contributed by atoms with Gasteiger partial charge in [-0.05, 0) is 142 Å². The SMILES string of the molecule is [2H]C([2H])(C1CCC2(CC1)CCN(C(=O)c1ccc(OC)c(N3CCC(=O)NC3=O)c1)CC2)N1CCN(C[C@@H](C)COc2nc(N3CC4CCC(C3)N4C(=O)OC(C)(C)C)c3cnc(-c4cc(OCOC)cc5ccc(F)c(C#C[Si](C(C)C)(C(C)C)C(C)C)c45)c(F)c3n2)CC1. The number of carbonyl (C=O) groups excluding carboxylic acids is 4. The maximum atomic E-state index is 18.3. The predicted octanol–water partition coefficient (Wildman–Crippen LogP) is 12.5. The molecule has 5 saturated heterocycles. The zero-order valence-corrected chi connectivity index (χ0v) is 58.0. The van der Waals surface area contributed by atoms with Crippen molar-refractivity contribution in [1.29, 1.82) is 0 Å². The van der Waals surface area contributed by atoms with Gasteiger partial charge in [-0.2, -0.15) is 9.97 Å². The third kappa shape index (κ3) is 14.3. The van der Waals surface area contributed by atoms with Crippen LogP contribution in [-0.4, -0.2) is 184 Å². The number of halogens is 2. The van der Waals surface area contributed by atoms with Crippen molar-refractivity contribution in [2.45, 2.75) is 161 Å². The normalized spacial score (nSPS) is 20.8. The molecule has 2 bridgehead atoms. The van der Waals surface area contributed by atoms with Gasteiger partial charge < -0.3 is 43.3 Å². The fourth-order valence-corrected chi connectivity index (χ4v) is 21.0. The lowest BCUT2D eigenvalue weighted by molar-refractivity contribution is -0.120. The molecular formula is C72H96F2N10O9Si. The van der Waals surface area contributed by atoms with Crippen LogP contribution in [0.4, 0.5) is 29.9 Å². The van der Waals surface area contributed by atoms with E-state index in [1.807, 2.05) is 35.5 Å². The average molecular weight is 1310 g/mol. The lowest BCUT2D eigenvalue weighted by atomic mass is 9.65. The van der Waals surface area contributed by atoms with Gasteiger partial charge in [-0.15, -0.1) is 5.54 Å². The molecule has 5 aliphatic heterocycles. The average Bonchev–Trinajstić information content (AvgIpc) is 1.03. The van der Waals surface area contributed by atoms with Crippen molar-refractivity contribution in [2.24, 2.45) is 17.3 Å². The van der Waals surface area contributed by atoms with Gasteiger partial charge in [-0.25, -0.2) is 18.4 Å². The number of urea groups is 1. The van der Waals surface area contributed by atoms with Gasteiger partial charge in [0.25, 0.3) is 5.91 Å². The topological polar surface area (TPSA) is 185 Å². The summed E-state index contributed by atoms with van der Waals surface area (Å²) in [5.74, 6) is 2.65. The monoisotopic (exact) mass is 1310 g/mol. The molecule has 94 heavy (non-hydrogen) atoms. The highest BCUT2D eigenvalue weighted by atomic mass is 28.3. The van der Waals surface area contributed by atoms with Crippen molar-refractivity contribution >= 4 is 65.2 Å². The van der Waals surface area contributed by atoms with Crippen LogP contribution in [0.25, 0.3) is 32.9 Å². The fourth-order valence-electron chi connectivity index (χ4n) is 15.8. The number of piperazine rings is 2. The Balaban J connectivity index is 0.784. The number of hydrogen-bond acceptors (Lipinski definition) is 15. The van der Waals surface area contributed by atoms with Gasteiger partial charge in [-0.1, -0.05) is 60.5 Å². The number of ether oxygens (including phenoxy) is 5. The molecule has 1 aliphatic carbocycles. The second-order valence-electron chi connectivity index (χ2n) is 28.9. The molecule has 7 heterocycles. The molecule has 5 amide bonds. The Kier molecular flexibility index (Phi) is 19.7. The van der Waals surface area contributed by atoms with E-state index in [1.54, 1.807) is 42.6 Å². The van der Waals surface area contributed by atoms with E-state index in [1.165, 1.54) is 25.2 Å². The van der Waals surface area contributed by atoms with Crippen molar-refractivity contribution in [3.8, 4) is 40.2 Å². The summed E-state index contributed by atoms with van der Waals surface area (Å²) in [5, 5.41) is 3.67. The van der Waals surface area contributed by atoms with Gasteiger partial charge >= 0.3 is 18.1 Å². The number of aromatic nitrogens is 3. The van der Waals surface area contributed by atoms with Crippen LogP contribution in [0.5, 0.6) is 17.5 Å². The van der Waals surface area contributed by atoms with E-state index in [2.05, 4.69) is 75.0 Å². The van der Waals surface area contributed by atoms with E-state index >= 15 is 8.78 Å². The first kappa shape index (κ1) is 65.5. The van der Waals surface area contributed by atoms with Crippen LogP contribution >= 0.6 is 0 Å². The summed E-state index contributed by atoms with van der Waals surface area (Å²) in [6, 6.07) is 10.6. The molecule has 1 saturated carbocycles. The van der Waals surface area contributed by atoms with E-state index < -0.39 is 37.8 Å². The highest BCUT2D eigenvalue weighted by molar-refractivity contribution is 6.90.